The van der Waals surface area contributed by atoms with E-state index in [4.69, 9.17) is 10.2 Å². The molecule has 10 heteroatoms. The molecule has 0 aliphatic rings. The summed E-state index contributed by atoms with van der Waals surface area (Å²) in [4.78, 5) is 22.9. The second-order valence-electron chi connectivity index (χ2n) is 4.79. The first-order valence-electron chi connectivity index (χ1n) is 6.90. The summed E-state index contributed by atoms with van der Waals surface area (Å²) < 4.78 is 23.5. The van der Waals surface area contributed by atoms with Gasteiger partial charge in [-0.1, -0.05) is 18.2 Å². The van der Waals surface area contributed by atoms with E-state index >= 15 is 0 Å². The van der Waals surface area contributed by atoms with Crippen LogP contribution in [0.25, 0.3) is 0 Å². The van der Waals surface area contributed by atoms with Crippen LogP contribution in [0.3, 0.4) is 0 Å². The Morgan fingerprint density at radius 2 is 1.83 bits per heavy atom. The molecular formula is C13H20N4O5S. The SMILES string of the molecule is NS(=O)(=O)NCCCCC(NC(=O)O)C(=O)Nc1ccccc1. The van der Waals surface area contributed by atoms with Crippen molar-refractivity contribution in [1.82, 2.24) is 10.0 Å². The van der Waals surface area contributed by atoms with E-state index in [0.29, 0.717) is 18.5 Å². The van der Waals surface area contributed by atoms with Crippen molar-refractivity contribution in [3.63, 3.8) is 0 Å². The number of para-hydroxylation sites is 1. The molecule has 0 spiro atoms. The summed E-state index contributed by atoms with van der Waals surface area (Å²) in [6, 6.07) is 7.73. The molecule has 1 atom stereocenters. The van der Waals surface area contributed by atoms with E-state index in [-0.39, 0.29) is 13.0 Å². The molecule has 6 N–H and O–H groups in total. The van der Waals surface area contributed by atoms with Gasteiger partial charge in [-0.25, -0.2) is 14.7 Å². The lowest BCUT2D eigenvalue weighted by atomic mass is 10.1. The zero-order valence-corrected chi connectivity index (χ0v) is 13.2. The minimum Gasteiger partial charge on any atom is -0.465 e. The first-order valence-corrected chi connectivity index (χ1v) is 8.45. The normalized spacial score (nSPS) is 12.4. The Labute approximate surface area is 134 Å². The highest BCUT2D eigenvalue weighted by molar-refractivity contribution is 7.87. The van der Waals surface area contributed by atoms with Crippen LogP contribution in [-0.4, -0.2) is 38.1 Å². The second-order valence-corrected chi connectivity index (χ2v) is 6.17. The maximum Gasteiger partial charge on any atom is 0.405 e. The number of nitrogens with two attached hydrogens (primary N) is 1. The summed E-state index contributed by atoms with van der Waals surface area (Å²) in [5.74, 6) is -0.474. The number of amides is 2. The molecule has 23 heavy (non-hydrogen) atoms. The van der Waals surface area contributed by atoms with E-state index in [2.05, 4.69) is 15.4 Å². The topological polar surface area (TPSA) is 151 Å². The summed E-state index contributed by atoms with van der Waals surface area (Å²) in [6.45, 7) is 0.124. The van der Waals surface area contributed by atoms with Crippen LogP contribution in [0.1, 0.15) is 19.3 Å². The molecule has 1 aromatic rings. The predicted molar refractivity (Wildman–Crippen MR) is 85.0 cm³/mol. The lowest BCUT2D eigenvalue weighted by Gasteiger charge is -2.16. The zero-order valence-electron chi connectivity index (χ0n) is 12.4. The number of rotatable bonds is 9. The molecule has 0 saturated heterocycles. The summed E-state index contributed by atoms with van der Waals surface area (Å²) in [6.07, 6.45) is -0.208. The van der Waals surface area contributed by atoms with Gasteiger partial charge in [0.25, 0.3) is 10.2 Å². The van der Waals surface area contributed by atoms with Crippen LogP contribution in [0.4, 0.5) is 10.5 Å². The Morgan fingerprint density at radius 1 is 1.17 bits per heavy atom. The summed E-state index contributed by atoms with van der Waals surface area (Å²) in [5, 5.41) is 18.4. The van der Waals surface area contributed by atoms with Crippen molar-refractivity contribution in [3.8, 4) is 0 Å². The summed E-state index contributed by atoms with van der Waals surface area (Å²) in [5.41, 5.74) is 0.561. The van der Waals surface area contributed by atoms with Gasteiger partial charge in [-0.05, 0) is 31.4 Å². The molecule has 0 radical (unpaired) electrons. The van der Waals surface area contributed by atoms with Crippen molar-refractivity contribution < 1.29 is 23.1 Å². The van der Waals surface area contributed by atoms with Crippen LogP contribution in [0.2, 0.25) is 0 Å². The average molecular weight is 344 g/mol. The first-order chi connectivity index (χ1) is 10.8. The molecule has 0 saturated carbocycles. The maximum absolute atomic E-state index is 12.1. The number of carboxylic acid groups (broad SMARTS) is 1. The van der Waals surface area contributed by atoms with E-state index in [9.17, 15) is 18.0 Å². The minimum atomic E-state index is -3.74. The molecule has 128 valence electrons. The predicted octanol–water partition coefficient (Wildman–Crippen LogP) is 0.225. The second kappa shape index (κ2) is 9.08. The fourth-order valence-electron chi connectivity index (χ4n) is 1.86. The van der Waals surface area contributed by atoms with Gasteiger partial charge in [0.05, 0.1) is 0 Å². The monoisotopic (exact) mass is 344 g/mol. The number of carbonyl (C=O) groups is 2. The number of hydrogen-bond acceptors (Lipinski definition) is 4. The van der Waals surface area contributed by atoms with Crippen LogP contribution >= 0.6 is 0 Å². The molecule has 0 bridgehead atoms. The molecule has 0 aromatic heterocycles. The van der Waals surface area contributed by atoms with Gasteiger partial charge in [0, 0.05) is 12.2 Å². The number of benzene rings is 1. The van der Waals surface area contributed by atoms with Gasteiger partial charge in [-0.2, -0.15) is 8.42 Å². The first kappa shape index (κ1) is 18.9. The van der Waals surface area contributed by atoms with E-state index in [0.717, 1.165) is 0 Å². The lowest BCUT2D eigenvalue weighted by molar-refractivity contribution is -0.118. The van der Waals surface area contributed by atoms with Crippen molar-refractivity contribution in [1.29, 1.82) is 0 Å². The van der Waals surface area contributed by atoms with Crippen molar-refractivity contribution in [2.24, 2.45) is 5.14 Å². The number of nitrogens with one attached hydrogen (secondary N) is 3. The van der Waals surface area contributed by atoms with Crippen LogP contribution < -0.4 is 20.5 Å². The fraction of sp³-hybridized carbons (Fsp3) is 0.385. The lowest BCUT2D eigenvalue weighted by Crippen LogP contribution is -2.43. The molecule has 0 aliphatic heterocycles. The highest BCUT2D eigenvalue weighted by Gasteiger charge is 2.20. The van der Waals surface area contributed by atoms with Gasteiger partial charge in [0.1, 0.15) is 6.04 Å². The molecule has 9 nitrogen and oxygen atoms in total. The minimum absolute atomic E-state index is 0.124. The standard InChI is InChI=1S/C13H20N4O5S/c14-23(21,22)15-9-5-4-8-11(17-13(19)20)12(18)16-10-6-2-1-3-7-10/h1-3,6-7,11,15,17H,4-5,8-9H2,(H,16,18)(H,19,20)(H2,14,21,22). The van der Waals surface area contributed by atoms with Crippen LogP contribution in [0.15, 0.2) is 30.3 Å². The molecule has 0 heterocycles. The maximum atomic E-state index is 12.1. The Morgan fingerprint density at radius 3 is 2.39 bits per heavy atom. The van der Waals surface area contributed by atoms with Gasteiger partial charge in [-0.15, -0.1) is 0 Å². The molecule has 1 aromatic carbocycles. The van der Waals surface area contributed by atoms with Gasteiger partial charge in [0.15, 0.2) is 0 Å². The highest BCUT2D eigenvalue weighted by atomic mass is 32.2. The van der Waals surface area contributed by atoms with Crippen molar-refractivity contribution in [2.45, 2.75) is 25.3 Å². The average Bonchev–Trinajstić information content (AvgIpc) is 2.45. The quantitative estimate of drug-likeness (QED) is 0.406. The van der Waals surface area contributed by atoms with Crippen molar-refractivity contribution in [3.05, 3.63) is 30.3 Å². The van der Waals surface area contributed by atoms with Crippen LogP contribution in [0.5, 0.6) is 0 Å². The molecule has 2 amide bonds. The molecule has 0 fully saturated rings. The fourth-order valence-corrected chi connectivity index (χ4v) is 2.29. The summed E-state index contributed by atoms with van der Waals surface area (Å²) >= 11 is 0. The number of anilines is 1. The molecule has 1 rings (SSSR count). The van der Waals surface area contributed by atoms with Gasteiger partial charge in [-0.3, -0.25) is 4.79 Å². The largest absolute Gasteiger partial charge is 0.465 e. The van der Waals surface area contributed by atoms with E-state index in [1.54, 1.807) is 30.3 Å². The van der Waals surface area contributed by atoms with Gasteiger partial charge < -0.3 is 15.7 Å². The van der Waals surface area contributed by atoms with E-state index in [1.165, 1.54) is 0 Å². The van der Waals surface area contributed by atoms with E-state index < -0.39 is 28.3 Å². The highest BCUT2D eigenvalue weighted by Crippen LogP contribution is 2.08. The number of carbonyl (C=O) groups excluding carboxylic acids is 1. The Hall–Kier alpha value is -2.17. The third kappa shape index (κ3) is 8.76. The zero-order chi connectivity index (χ0) is 17.3. The van der Waals surface area contributed by atoms with Crippen LogP contribution in [0, 0.1) is 0 Å². The Bertz CT molecular complexity index is 621. The number of hydrogen-bond donors (Lipinski definition) is 5. The molecular weight excluding hydrogens is 324 g/mol. The third-order valence-corrected chi connectivity index (χ3v) is 3.48. The van der Waals surface area contributed by atoms with Crippen LogP contribution in [-0.2, 0) is 15.0 Å². The third-order valence-electron chi connectivity index (χ3n) is 2.88. The number of unbranched alkanes of at least 4 members (excludes halogenated alkanes) is 1. The van der Waals surface area contributed by atoms with Crippen molar-refractivity contribution >= 4 is 27.9 Å². The summed E-state index contributed by atoms with van der Waals surface area (Å²) in [7, 11) is -3.74. The Balaban J connectivity index is 2.48. The van der Waals surface area contributed by atoms with Gasteiger partial charge >= 0.3 is 6.09 Å². The smallest absolute Gasteiger partial charge is 0.405 e. The molecule has 1 unspecified atom stereocenters. The van der Waals surface area contributed by atoms with Gasteiger partial charge in [0.2, 0.25) is 5.91 Å². The van der Waals surface area contributed by atoms with Crippen molar-refractivity contribution in [2.75, 3.05) is 11.9 Å². The molecule has 0 aliphatic carbocycles. The van der Waals surface area contributed by atoms with E-state index in [1.807, 2.05) is 0 Å². The Kier molecular flexibility index (Phi) is 7.45.